The van der Waals surface area contributed by atoms with Gasteiger partial charge in [0.25, 0.3) is 0 Å². The van der Waals surface area contributed by atoms with E-state index in [9.17, 15) is 9.59 Å². The number of carboxylic acids is 1. The quantitative estimate of drug-likeness (QED) is 0.738. The third kappa shape index (κ3) is 5.80. The van der Waals surface area contributed by atoms with Gasteiger partial charge in [-0.15, -0.1) is 11.3 Å². The van der Waals surface area contributed by atoms with E-state index in [1.54, 1.807) is 13.8 Å². The normalized spacial score (nSPS) is 16.1. The Morgan fingerprint density at radius 3 is 2.78 bits per heavy atom. The average Bonchev–Trinajstić information content (AvgIpc) is 2.94. The van der Waals surface area contributed by atoms with Crippen molar-refractivity contribution in [3.63, 3.8) is 0 Å². The van der Waals surface area contributed by atoms with E-state index in [4.69, 9.17) is 9.84 Å². The summed E-state index contributed by atoms with van der Waals surface area (Å²) < 4.78 is 5.34. The van der Waals surface area contributed by atoms with Crippen molar-refractivity contribution >= 4 is 28.5 Å². The molecule has 0 aromatic carbocycles. The molecule has 7 nitrogen and oxygen atoms in total. The number of aliphatic carboxylic acids is 1. The van der Waals surface area contributed by atoms with Crippen LogP contribution in [0.25, 0.3) is 0 Å². The van der Waals surface area contributed by atoms with Crippen molar-refractivity contribution in [3.8, 4) is 0 Å². The van der Waals surface area contributed by atoms with Crippen molar-refractivity contribution in [3.05, 3.63) is 11.1 Å². The van der Waals surface area contributed by atoms with E-state index < -0.39 is 11.5 Å². The number of rotatable bonds is 6. The number of carbonyl (C=O) groups excluding carboxylic acids is 1. The van der Waals surface area contributed by atoms with Gasteiger partial charge in [-0.2, -0.15) is 0 Å². The molecular weight excluding hydrogens is 318 g/mol. The molecule has 8 heteroatoms. The summed E-state index contributed by atoms with van der Waals surface area (Å²) >= 11 is 1.40. The van der Waals surface area contributed by atoms with Crippen molar-refractivity contribution in [2.45, 2.75) is 51.0 Å². The van der Waals surface area contributed by atoms with Crippen molar-refractivity contribution < 1.29 is 19.4 Å². The van der Waals surface area contributed by atoms with Gasteiger partial charge in [-0.25, -0.2) is 9.78 Å². The van der Waals surface area contributed by atoms with E-state index in [2.05, 4.69) is 15.6 Å². The molecule has 0 aliphatic carbocycles. The maximum atomic E-state index is 12.0. The van der Waals surface area contributed by atoms with Crippen LogP contribution in [-0.2, 0) is 9.53 Å². The molecule has 1 saturated heterocycles. The highest BCUT2D eigenvalue weighted by Crippen LogP contribution is 2.29. The van der Waals surface area contributed by atoms with Crippen LogP contribution < -0.4 is 10.6 Å². The molecule has 23 heavy (non-hydrogen) atoms. The summed E-state index contributed by atoms with van der Waals surface area (Å²) in [6.07, 6.45) is 2.29. The van der Waals surface area contributed by atoms with Crippen molar-refractivity contribution in [2.75, 3.05) is 18.5 Å². The zero-order valence-corrected chi connectivity index (χ0v) is 14.2. The topological polar surface area (TPSA) is 101 Å². The Labute approximate surface area is 139 Å². The Balaban J connectivity index is 1.85. The molecule has 1 aromatic rings. The molecule has 1 aromatic heterocycles. The molecule has 3 N–H and O–H groups in total. The fourth-order valence-electron chi connectivity index (χ4n) is 2.44. The number of anilines is 1. The lowest BCUT2D eigenvalue weighted by Gasteiger charge is -2.25. The van der Waals surface area contributed by atoms with E-state index in [0.717, 1.165) is 31.7 Å². The van der Waals surface area contributed by atoms with Gasteiger partial charge in [-0.1, -0.05) is 0 Å². The fourth-order valence-corrected chi connectivity index (χ4v) is 3.23. The van der Waals surface area contributed by atoms with Gasteiger partial charge in [0.2, 0.25) is 0 Å². The molecule has 0 saturated carbocycles. The minimum atomic E-state index is -0.874. The summed E-state index contributed by atoms with van der Waals surface area (Å²) in [5.41, 5.74) is 0.405. The lowest BCUT2D eigenvalue weighted by molar-refractivity contribution is -0.137. The maximum absolute atomic E-state index is 12.0. The predicted octanol–water partition coefficient (Wildman–Crippen LogP) is 2.80. The summed E-state index contributed by atoms with van der Waals surface area (Å²) in [4.78, 5) is 27.1. The Morgan fingerprint density at radius 2 is 2.13 bits per heavy atom. The number of nitrogens with zero attached hydrogens (tertiary/aromatic N) is 1. The molecular formula is C15H23N3O4S. The maximum Gasteiger partial charge on any atom is 0.321 e. The van der Waals surface area contributed by atoms with Crippen LogP contribution in [0.1, 0.15) is 51.1 Å². The summed E-state index contributed by atoms with van der Waals surface area (Å²) in [6, 6.07) is -0.367. The number of hydrogen-bond acceptors (Lipinski definition) is 5. The number of urea groups is 1. The highest BCUT2D eigenvalue weighted by molar-refractivity contribution is 7.13. The molecule has 1 aliphatic heterocycles. The van der Waals surface area contributed by atoms with Gasteiger partial charge < -0.3 is 15.2 Å². The largest absolute Gasteiger partial charge is 0.481 e. The highest BCUT2D eigenvalue weighted by Gasteiger charge is 2.23. The monoisotopic (exact) mass is 341 g/mol. The SMILES string of the molecule is CC(C)(CCC(=O)O)NC(=O)Nc1nc(C2CCOCC2)cs1. The van der Waals surface area contributed by atoms with E-state index in [1.807, 2.05) is 5.38 Å². The highest BCUT2D eigenvalue weighted by atomic mass is 32.1. The fraction of sp³-hybridized carbons (Fsp3) is 0.667. The lowest BCUT2D eigenvalue weighted by atomic mass is 9.98. The molecule has 0 atom stereocenters. The number of amides is 2. The van der Waals surface area contributed by atoms with Gasteiger partial charge in [0, 0.05) is 36.5 Å². The number of ether oxygens (including phenoxy) is 1. The molecule has 2 rings (SSSR count). The van der Waals surface area contributed by atoms with E-state index >= 15 is 0 Å². The zero-order valence-electron chi connectivity index (χ0n) is 13.4. The first kappa shape index (κ1) is 17.7. The first-order chi connectivity index (χ1) is 10.9. The number of thiazole rings is 1. The summed E-state index contributed by atoms with van der Waals surface area (Å²) in [5.74, 6) is -0.480. The third-order valence-electron chi connectivity index (χ3n) is 3.80. The van der Waals surface area contributed by atoms with Crippen LogP contribution >= 0.6 is 11.3 Å². The number of hydrogen-bond donors (Lipinski definition) is 3. The first-order valence-corrected chi connectivity index (χ1v) is 8.58. The van der Waals surface area contributed by atoms with Crippen LogP contribution in [0.5, 0.6) is 0 Å². The smallest absolute Gasteiger partial charge is 0.321 e. The van der Waals surface area contributed by atoms with Gasteiger partial charge in [0.15, 0.2) is 5.13 Å². The number of aromatic nitrogens is 1. The zero-order chi connectivity index (χ0) is 16.9. The molecule has 0 bridgehead atoms. The summed E-state index contributed by atoms with van der Waals surface area (Å²) in [6.45, 7) is 5.10. The summed E-state index contributed by atoms with van der Waals surface area (Å²) in [7, 11) is 0. The van der Waals surface area contributed by atoms with Gasteiger partial charge >= 0.3 is 12.0 Å². The number of carbonyl (C=O) groups is 2. The van der Waals surface area contributed by atoms with E-state index in [-0.39, 0.29) is 12.5 Å². The molecule has 128 valence electrons. The molecule has 2 amide bonds. The Bertz CT molecular complexity index is 553. The summed E-state index contributed by atoms with van der Waals surface area (Å²) in [5, 5.41) is 16.8. The van der Waals surface area contributed by atoms with Crippen molar-refractivity contribution in [1.29, 1.82) is 0 Å². The van der Waals surface area contributed by atoms with Gasteiger partial charge in [-0.05, 0) is 33.1 Å². The molecule has 1 aliphatic rings. The van der Waals surface area contributed by atoms with E-state index in [1.165, 1.54) is 11.3 Å². The minimum Gasteiger partial charge on any atom is -0.481 e. The average molecular weight is 341 g/mol. The van der Waals surface area contributed by atoms with Crippen LogP contribution in [0.2, 0.25) is 0 Å². The van der Waals surface area contributed by atoms with Crippen molar-refractivity contribution in [1.82, 2.24) is 10.3 Å². The van der Waals surface area contributed by atoms with Crippen LogP contribution in [-0.4, -0.2) is 40.8 Å². The van der Waals surface area contributed by atoms with Crippen LogP contribution in [0.4, 0.5) is 9.93 Å². The predicted molar refractivity (Wildman–Crippen MR) is 88.0 cm³/mol. The molecule has 2 heterocycles. The first-order valence-electron chi connectivity index (χ1n) is 7.70. The van der Waals surface area contributed by atoms with Crippen LogP contribution in [0.3, 0.4) is 0 Å². The van der Waals surface area contributed by atoms with Crippen LogP contribution in [0.15, 0.2) is 5.38 Å². The Hall–Kier alpha value is -1.67. The number of nitrogens with one attached hydrogen (secondary N) is 2. The minimum absolute atomic E-state index is 0.0123. The van der Waals surface area contributed by atoms with Gasteiger partial charge in [-0.3, -0.25) is 10.1 Å². The van der Waals surface area contributed by atoms with Crippen molar-refractivity contribution in [2.24, 2.45) is 0 Å². The molecule has 0 unspecified atom stereocenters. The van der Waals surface area contributed by atoms with E-state index in [0.29, 0.717) is 17.5 Å². The second-order valence-corrected chi connectivity index (χ2v) is 7.18. The van der Waals surface area contributed by atoms with Gasteiger partial charge in [0.05, 0.1) is 5.69 Å². The molecule has 0 spiro atoms. The second-order valence-electron chi connectivity index (χ2n) is 6.32. The van der Waals surface area contributed by atoms with Gasteiger partial charge in [0.1, 0.15) is 0 Å². The third-order valence-corrected chi connectivity index (χ3v) is 4.57. The lowest BCUT2D eigenvalue weighted by Crippen LogP contribution is -2.45. The Kier molecular flexibility index (Phi) is 5.95. The van der Waals surface area contributed by atoms with Crippen LogP contribution in [0, 0.1) is 0 Å². The second kappa shape index (κ2) is 7.74. The molecule has 1 fully saturated rings. The standard InChI is InChI=1S/C15H23N3O4S/c1-15(2,6-3-12(19)20)18-13(21)17-14-16-11(9-23-14)10-4-7-22-8-5-10/h9-10H,3-8H2,1-2H3,(H,19,20)(H2,16,17,18,21). The number of carboxylic acid groups (broad SMARTS) is 1. The Morgan fingerprint density at radius 1 is 1.43 bits per heavy atom. The molecule has 0 radical (unpaired) electrons.